The highest BCUT2D eigenvalue weighted by Crippen LogP contribution is 2.01. The third-order valence-corrected chi connectivity index (χ3v) is 1.79. The zero-order chi connectivity index (χ0) is 11.7. The first-order valence-corrected chi connectivity index (χ1v) is 4.93. The first-order chi connectivity index (χ1) is 7.07. The van der Waals surface area contributed by atoms with Gasteiger partial charge in [-0.25, -0.2) is 5.48 Å². The maximum atomic E-state index is 11.1. The molecule has 0 radical (unpaired) electrons. The van der Waals surface area contributed by atoms with Crippen LogP contribution in [0.15, 0.2) is 24.8 Å². The van der Waals surface area contributed by atoms with Crippen molar-refractivity contribution in [3.8, 4) is 0 Å². The lowest BCUT2D eigenvalue weighted by atomic mass is 10.1. The van der Waals surface area contributed by atoms with E-state index in [1.54, 1.807) is 13.0 Å². The number of rotatable bonds is 8. The monoisotopic (exact) mass is 213 g/mol. The van der Waals surface area contributed by atoms with Crippen LogP contribution in [0, 0.1) is 0 Å². The van der Waals surface area contributed by atoms with E-state index >= 15 is 0 Å². The Labute approximate surface area is 90.6 Å². The van der Waals surface area contributed by atoms with Crippen LogP contribution >= 0.6 is 0 Å². The predicted octanol–water partition coefficient (Wildman–Crippen LogP) is 1.33. The third kappa shape index (κ3) is 7.90. The van der Waals surface area contributed by atoms with Gasteiger partial charge in [0.15, 0.2) is 0 Å². The third-order valence-electron chi connectivity index (χ3n) is 1.79. The standard InChI is InChI=1S/C11H19NO3/c1-4-5-6-7-15-12-11(14)8-10(13)9(2)3/h4,10,13H,1-2,5-8H2,3H3,(H,12,14)/t10-/m1/s1. The van der Waals surface area contributed by atoms with Crippen LogP contribution < -0.4 is 5.48 Å². The molecule has 0 rings (SSSR count). The molecule has 4 nitrogen and oxygen atoms in total. The fraction of sp³-hybridized carbons (Fsp3) is 0.545. The summed E-state index contributed by atoms with van der Waals surface area (Å²) in [5.41, 5.74) is 2.82. The zero-order valence-electron chi connectivity index (χ0n) is 9.16. The molecule has 4 heteroatoms. The van der Waals surface area contributed by atoms with Crippen molar-refractivity contribution in [2.75, 3.05) is 6.61 Å². The quantitative estimate of drug-likeness (QED) is 0.363. The van der Waals surface area contributed by atoms with Crippen LogP contribution in [0.4, 0.5) is 0 Å². The number of allylic oxidation sites excluding steroid dienone is 1. The Morgan fingerprint density at radius 2 is 2.33 bits per heavy atom. The van der Waals surface area contributed by atoms with Crippen LogP contribution in [0.25, 0.3) is 0 Å². The maximum Gasteiger partial charge on any atom is 0.246 e. The molecular formula is C11H19NO3. The Kier molecular flexibility index (Phi) is 7.58. The molecule has 0 aliphatic rings. The van der Waals surface area contributed by atoms with E-state index in [9.17, 15) is 9.90 Å². The summed E-state index contributed by atoms with van der Waals surface area (Å²) in [5, 5.41) is 9.31. The first-order valence-electron chi connectivity index (χ1n) is 4.93. The second-order valence-electron chi connectivity index (χ2n) is 3.37. The van der Waals surface area contributed by atoms with E-state index in [0.29, 0.717) is 12.2 Å². The number of nitrogens with one attached hydrogen (secondary N) is 1. The van der Waals surface area contributed by atoms with Crippen LogP contribution in [-0.4, -0.2) is 23.7 Å². The van der Waals surface area contributed by atoms with Crippen molar-refractivity contribution in [2.45, 2.75) is 32.3 Å². The van der Waals surface area contributed by atoms with Gasteiger partial charge in [-0.1, -0.05) is 18.2 Å². The second kappa shape index (κ2) is 8.20. The van der Waals surface area contributed by atoms with E-state index in [4.69, 9.17) is 4.84 Å². The molecule has 1 atom stereocenters. The van der Waals surface area contributed by atoms with Crippen LogP contribution in [0.1, 0.15) is 26.2 Å². The number of amides is 1. The highest BCUT2D eigenvalue weighted by molar-refractivity contribution is 5.75. The van der Waals surface area contributed by atoms with Gasteiger partial charge in [-0.05, 0) is 19.8 Å². The van der Waals surface area contributed by atoms with E-state index < -0.39 is 6.10 Å². The number of carbonyl (C=O) groups is 1. The van der Waals surface area contributed by atoms with Gasteiger partial charge < -0.3 is 5.11 Å². The van der Waals surface area contributed by atoms with Crippen molar-refractivity contribution in [3.63, 3.8) is 0 Å². The van der Waals surface area contributed by atoms with Crippen molar-refractivity contribution in [2.24, 2.45) is 0 Å². The normalized spacial score (nSPS) is 11.9. The number of hydroxylamine groups is 1. The molecular weight excluding hydrogens is 194 g/mol. The number of unbranched alkanes of at least 4 members (excludes halogenated alkanes) is 1. The fourth-order valence-electron chi connectivity index (χ4n) is 0.823. The minimum absolute atomic E-state index is 0.0171. The lowest BCUT2D eigenvalue weighted by molar-refractivity contribution is -0.135. The van der Waals surface area contributed by atoms with Gasteiger partial charge in [0.05, 0.1) is 19.1 Å². The summed E-state index contributed by atoms with van der Waals surface area (Å²) in [6.45, 7) is 9.23. The Morgan fingerprint density at radius 3 is 2.87 bits per heavy atom. The molecule has 1 amide bonds. The molecule has 0 saturated heterocycles. The summed E-state index contributed by atoms with van der Waals surface area (Å²) in [6, 6.07) is 0. The van der Waals surface area contributed by atoms with Gasteiger partial charge in [0.2, 0.25) is 5.91 Å². The van der Waals surface area contributed by atoms with Gasteiger partial charge >= 0.3 is 0 Å². The SMILES string of the molecule is C=CCCCONC(=O)C[C@@H](O)C(=C)C. The molecule has 86 valence electrons. The molecule has 0 aromatic rings. The Hall–Kier alpha value is -1.13. The van der Waals surface area contributed by atoms with Crippen LogP contribution in [0.5, 0.6) is 0 Å². The molecule has 0 bridgehead atoms. The Bertz CT molecular complexity index is 226. The van der Waals surface area contributed by atoms with Gasteiger partial charge in [0.1, 0.15) is 0 Å². The molecule has 15 heavy (non-hydrogen) atoms. The Balaban J connectivity index is 3.49. The minimum Gasteiger partial charge on any atom is -0.388 e. The van der Waals surface area contributed by atoms with E-state index in [1.165, 1.54) is 0 Å². The second-order valence-corrected chi connectivity index (χ2v) is 3.37. The summed E-state index contributed by atoms with van der Waals surface area (Å²) >= 11 is 0. The molecule has 0 aromatic heterocycles. The highest BCUT2D eigenvalue weighted by Gasteiger charge is 2.10. The topological polar surface area (TPSA) is 58.6 Å². The summed E-state index contributed by atoms with van der Waals surface area (Å²) in [5.74, 6) is -0.343. The van der Waals surface area contributed by atoms with E-state index in [-0.39, 0.29) is 12.3 Å². The van der Waals surface area contributed by atoms with Gasteiger partial charge in [-0.3, -0.25) is 9.63 Å². The predicted molar refractivity (Wildman–Crippen MR) is 59.0 cm³/mol. The summed E-state index contributed by atoms with van der Waals surface area (Å²) in [4.78, 5) is 16.0. The van der Waals surface area contributed by atoms with Crippen molar-refractivity contribution in [3.05, 3.63) is 24.8 Å². The van der Waals surface area contributed by atoms with Crippen molar-refractivity contribution in [1.29, 1.82) is 0 Å². The van der Waals surface area contributed by atoms with Gasteiger partial charge in [0.25, 0.3) is 0 Å². The molecule has 0 unspecified atom stereocenters. The highest BCUT2D eigenvalue weighted by atomic mass is 16.6. The molecule has 0 aliphatic carbocycles. The maximum absolute atomic E-state index is 11.1. The number of aliphatic hydroxyl groups excluding tert-OH is 1. The van der Waals surface area contributed by atoms with Gasteiger partial charge in [-0.2, -0.15) is 0 Å². The van der Waals surface area contributed by atoms with E-state index in [1.807, 2.05) is 0 Å². The van der Waals surface area contributed by atoms with Gasteiger partial charge in [0, 0.05) is 0 Å². The van der Waals surface area contributed by atoms with Crippen molar-refractivity contribution >= 4 is 5.91 Å². The molecule has 0 fully saturated rings. The van der Waals surface area contributed by atoms with Crippen LogP contribution in [-0.2, 0) is 9.63 Å². The number of hydrogen-bond acceptors (Lipinski definition) is 3. The summed E-state index contributed by atoms with van der Waals surface area (Å²) in [7, 11) is 0. The smallest absolute Gasteiger partial charge is 0.246 e. The number of hydrogen-bond donors (Lipinski definition) is 2. The fourth-order valence-corrected chi connectivity index (χ4v) is 0.823. The molecule has 2 N–H and O–H groups in total. The summed E-state index contributed by atoms with van der Waals surface area (Å²) < 4.78 is 0. The number of aliphatic hydroxyl groups is 1. The molecule has 0 aliphatic heterocycles. The molecule has 0 heterocycles. The van der Waals surface area contributed by atoms with Crippen LogP contribution in [0.3, 0.4) is 0 Å². The zero-order valence-corrected chi connectivity index (χ0v) is 9.16. The van der Waals surface area contributed by atoms with Gasteiger partial charge in [-0.15, -0.1) is 6.58 Å². The lowest BCUT2D eigenvalue weighted by Gasteiger charge is -2.10. The summed E-state index contributed by atoms with van der Waals surface area (Å²) in [6.07, 6.45) is 2.63. The number of carbonyl (C=O) groups excluding carboxylic acids is 1. The first kappa shape index (κ1) is 13.9. The largest absolute Gasteiger partial charge is 0.388 e. The van der Waals surface area contributed by atoms with E-state index in [2.05, 4.69) is 18.6 Å². The minimum atomic E-state index is -0.804. The average Bonchev–Trinajstić information content (AvgIpc) is 2.17. The van der Waals surface area contributed by atoms with E-state index in [0.717, 1.165) is 12.8 Å². The van der Waals surface area contributed by atoms with Crippen molar-refractivity contribution < 1.29 is 14.7 Å². The molecule has 0 saturated carbocycles. The Morgan fingerprint density at radius 1 is 1.67 bits per heavy atom. The van der Waals surface area contributed by atoms with Crippen molar-refractivity contribution in [1.82, 2.24) is 5.48 Å². The lowest BCUT2D eigenvalue weighted by Crippen LogP contribution is -2.28. The average molecular weight is 213 g/mol. The molecule has 0 spiro atoms. The molecule has 0 aromatic carbocycles. The van der Waals surface area contributed by atoms with Crippen LogP contribution in [0.2, 0.25) is 0 Å².